The van der Waals surface area contributed by atoms with Gasteiger partial charge in [-0.1, -0.05) is 18.2 Å². The Bertz CT molecular complexity index is 358. The predicted octanol–water partition coefficient (Wildman–Crippen LogP) is 1.66. The summed E-state index contributed by atoms with van der Waals surface area (Å²) in [6, 6.07) is 6.50. The van der Waals surface area contributed by atoms with Gasteiger partial charge in [0.15, 0.2) is 0 Å². The Morgan fingerprint density at radius 1 is 1.22 bits per heavy atom. The topological polar surface area (TPSA) is 35.5 Å². The maximum atomic E-state index is 9.72. The van der Waals surface area contributed by atoms with E-state index in [4.69, 9.17) is 0 Å². The molecule has 1 aliphatic rings. The van der Waals surface area contributed by atoms with Crippen LogP contribution in [-0.2, 0) is 0 Å². The molecule has 4 heteroatoms. The van der Waals surface area contributed by atoms with E-state index in [1.54, 1.807) is 0 Å². The highest BCUT2D eigenvalue weighted by Gasteiger charge is 2.23. The van der Waals surface area contributed by atoms with Gasteiger partial charge < -0.3 is 10.4 Å². The van der Waals surface area contributed by atoms with E-state index in [9.17, 15) is 5.11 Å². The van der Waals surface area contributed by atoms with Crippen LogP contribution >= 0.6 is 12.4 Å². The molecule has 2 N–H and O–H groups in total. The van der Waals surface area contributed by atoms with Gasteiger partial charge in [-0.25, -0.2) is 0 Å². The fourth-order valence-corrected chi connectivity index (χ4v) is 2.74. The molecule has 0 aliphatic carbocycles. The average Bonchev–Trinajstić information content (AvgIpc) is 2.35. The lowest BCUT2D eigenvalue weighted by molar-refractivity contribution is 0.110. The van der Waals surface area contributed by atoms with Crippen LogP contribution in [0, 0.1) is 13.8 Å². The lowest BCUT2D eigenvalue weighted by Crippen LogP contribution is -2.46. The number of aliphatic hydroxyl groups is 1. The van der Waals surface area contributed by atoms with E-state index in [-0.39, 0.29) is 25.1 Å². The van der Waals surface area contributed by atoms with Crippen molar-refractivity contribution in [3.8, 4) is 0 Å². The highest BCUT2D eigenvalue weighted by Crippen LogP contribution is 2.26. The van der Waals surface area contributed by atoms with Crippen molar-refractivity contribution in [3.05, 3.63) is 34.9 Å². The number of nitrogens with zero attached hydrogens (tertiary/aromatic N) is 1. The van der Waals surface area contributed by atoms with E-state index in [0.717, 1.165) is 26.2 Å². The molecule has 1 heterocycles. The number of piperazine rings is 1. The van der Waals surface area contributed by atoms with E-state index >= 15 is 0 Å². The molecule has 0 spiro atoms. The first kappa shape index (κ1) is 15.4. The van der Waals surface area contributed by atoms with Gasteiger partial charge in [-0.2, -0.15) is 0 Å². The molecular formula is C14H23ClN2O. The third-order valence-electron chi connectivity index (χ3n) is 3.64. The summed E-state index contributed by atoms with van der Waals surface area (Å²) in [5, 5.41) is 13.1. The minimum absolute atomic E-state index is 0. The van der Waals surface area contributed by atoms with Crippen molar-refractivity contribution in [1.29, 1.82) is 0 Å². The summed E-state index contributed by atoms with van der Waals surface area (Å²) >= 11 is 0. The molecule has 1 fully saturated rings. The summed E-state index contributed by atoms with van der Waals surface area (Å²) < 4.78 is 0. The van der Waals surface area contributed by atoms with E-state index in [0.29, 0.717) is 0 Å². The standard InChI is InChI=1S/C14H22N2O.ClH/c1-11-4-3-5-12(2)14(11)13(10-17)16-8-6-15-7-9-16;/h3-5,13,15,17H,6-10H2,1-2H3;1H/t13-;/m0./s1. The van der Waals surface area contributed by atoms with Crippen molar-refractivity contribution in [2.24, 2.45) is 0 Å². The van der Waals surface area contributed by atoms with Crippen LogP contribution < -0.4 is 5.32 Å². The van der Waals surface area contributed by atoms with Crippen LogP contribution in [0.4, 0.5) is 0 Å². The molecule has 18 heavy (non-hydrogen) atoms. The molecule has 1 saturated heterocycles. The first-order chi connectivity index (χ1) is 8.24. The molecule has 0 aromatic heterocycles. The number of hydrogen-bond donors (Lipinski definition) is 2. The van der Waals surface area contributed by atoms with E-state index in [2.05, 4.69) is 42.3 Å². The Hall–Kier alpha value is -0.610. The van der Waals surface area contributed by atoms with E-state index < -0.39 is 0 Å². The molecule has 0 bridgehead atoms. The van der Waals surface area contributed by atoms with Crippen molar-refractivity contribution in [2.45, 2.75) is 19.9 Å². The predicted molar refractivity (Wildman–Crippen MR) is 77.4 cm³/mol. The molecule has 1 aromatic rings. The third-order valence-corrected chi connectivity index (χ3v) is 3.64. The van der Waals surface area contributed by atoms with Crippen molar-refractivity contribution in [2.75, 3.05) is 32.8 Å². The van der Waals surface area contributed by atoms with Crippen molar-refractivity contribution in [1.82, 2.24) is 10.2 Å². The zero-order valence-corrected chi connectivity index (χ0v) is 12.0. The molecule has 0 saturated carbocycles. The van der Waals surface area contributed by atoms with Gasteiger partial charge >= 0.3 is 0 Å². The van der Waals surface area contributed by atoms with Crippen LogP contribution in [0.25, 0.3) is 0 Å². The van der Waals surface area contributed by atoms with Gasteiger partial charge in [0.25, 0.3) is 0 Å². The minimum atomic E-state index is 0. The molecule has 102 valence electrons. The fourth-order valence-electron chi connectivity index (χ4n) is 2.74. The summed E-state index contributed by atoms with van der Waals surface area (Å²) in [7, 11) is 0. The third kappa shape index (κ3) is 3.23. The lowest BCUT2D eigenvalue weighted by Gasteiger charge is -2.35. The van der Waals surface area contributed by atoms with Crippen LogP contribution in [0.3, 0.4) is 0 Å². The molecule has 1 atom stereocenters. The molecule has 0 amide bonds. The molecule has 0 unspecified atom stereocenters. The number of halogens is 1. The largest absolute Gasteiger partial charge is 0.394 e. The second kappa shape index (κ2) is 7.10. The van der Waals surface area contributed by atoms with Crippen LogP contribution in [0.1, 0.15) is 22.7 Å². The number of aliphatic hydroxyl groups excluding tert-OH is 1. The fraction of sp³-hybridized carbons (Fsp3) is 0.571. The summed E-state index contributed by atoms with van der Waals surface area (Å²) in [5.41, 5.74) is 3.86. The van der Waals surface area contributed by atoms with Gasteiger partial charge in [-0.15, -0.1) is 12.4 Å². The Labute approximate surface area is 116 Å². The molecule has 0 radical (unpaired) electrons. The molecule has 1 aliphatic heterocycles. The summed E-state index contributed by atoms with van der Waals surface area (Å²) in [4.78, 5) is 2.38. The smallest absolute Gasteiger partial charge is 0.0628 e. The first-order valence-corrected chi connectivity index (χ1v) is 6.35. The van der Waals surface area contributed by atoms with Gasteiger partial charge in [-0.05, 0) is 30.5 Å². The van der Waals surface area contributed by atoms with Crippen molar-refractivity contribution in [3.63, 3.8) is 0 Å². The van der Waals surface area contributed by atoms with Crippen molar-refractivity contribution < 1.29 is 5.11 Å². The Balaban J connectivity index is 0.00000162. The lowest BCUT2D eigenvalue weighted by atomic mass is 9.95. The summed E-state index contributed by atoms with van der Waals surface area (Å²) in [6.07, 6.45) is 0. The molecular weight excluding hydrogens is 248 g/mol. The average molecular weight is 271 g/mol. The van der Waals surface area contributed by atoms with Crippen LogP contribution in [0.15, 0.2) is 18.2 Å². The number of hydrogen-bond acceptors (Lipinski definition) is 3. The van der Waals surface area contributed by atoms with Crippen LogP contribution in [0.5, 0.6) is 0 Å². The molecule has 1 aromatic carbocycles. The second-order valence-electron chi connectivity index (χ2n) is 4.79. The van der Waals surface area contributed by atoms with Gasteiger partial charge in [0, 0.05) is 26.2 Å². The second-order valence-corrected chi connectivity index (χ2v) is 4.79. The van der Waals surface area contributed by atoms with Crippen LogP contribution in [0.2, 0.25) is 0 Å². The number of rotatable bonds is 3. The zero-order chi connectivity index (χ0) is 12.3. The van der Waals surface area contributed by atoms with Crippen molar-refractivity contribution >= 4 is 12.4 Å². The van der Waals surface area contributed by atoms with Gasteiger partial charge in [-0.3, -0.25) is 4.90 Å². The number of aryl methyl sites for hydroxylation is 2. The molecule has 2 rings (SSSR count). The number of benzene rings is 1. The van der Waals surface area contributed by atoms with Gasteiger partial charge in [0.05, 0.1) is 12.6 Å². The Kier molecular flexibility index (Phi) is 6.09. The highest BCUT2D eigenvalue weighted by molar-refractivity contribution is 5.85. The van der Waals surface area contributed by atoms with Crippen LogP contribution in [-0.4, -0.2) is 42.8 Å². The van der Waals surface area contributed by atoms with Gasteiger partial charge in [0.2, 0.25) is 0 Å². The SMILES string of the molecule is Cc1cccc(C)c1[C@H](CO)N1CCNCC1.Cl. The summed E-state index contributed by atoms with van der Waals surface area (Å²) in [6.45, 7) is 8.52. The molecule has 3 nitrogen and oxygen atoms in total. The van der Waals surface area contributed by atoms with E-state index in [1.807, 2.05) is 0 Å². The quantitative estimate of drug-likeness (QED) is 0.877. The van der Waals surface area contributed by atoms with E-state index in [1.165, 1.54) is 16.7 Å². The minimum Gasteiger partial charge on any atom is -0.394 e. The Morgan fingerprint density at radius 2 is 1.78 bits per heavy atom. The number of nitrogens with one attached hydrogen (secondary N) is 1. The zero-order valence-electron chi connectivity index (χ0n) is 11.1. The van der Waals surface area contributed by atoms with Gasteiger partial charge in [0.1, 0.15) is 0 Å². The first-order valence-electron chi connectivity index (χ1n) is 6.35. The highest BCUT2D eigenvalue weighted by atomic mass is 35.5. The summed E-state index contributed by atoms with van der Waals surface area (Å²) in [5.74, 6) is 0. The monoisotopic (exact) mass is 270 g/mol. The normalized spacial score (nSPS) is 18.2. The maximum Gasteiger partial charge on any atom is 0.0628 e. The maximum absolute atomic E-state index is 9.72. The Morgan fingerprint density at radius 3 is 2.28 bits per heavy atom.